The van der Waals surface area contributed by atoms with Crippen LogP contribution in [0.4, 0.5) is 19.0 Å². The lowest BCUT2D eigenvalue weighted by atomic mass is 9.90. The van der Waals surface area contributed by atoms with Crippen LogP contribution < -0.4 is 4.90 Å². The van der Waals surface area contributed by atoms with E-state index >= 15 is 0 Å². The van der Waals surface area contributed by atoms with Gasteiger partial charge in [0.15, 0.2) is 5.65 Å². The van der Waals surface area contributed by atoms with E-state index in [4.69, 9.17) is 4.74 Å². The highest BCUT2D eigenvalue weighted by Gasteiger charge is 2.38. The summed E-state index contributed by atoms with van der Waals surface area (Å²) < 4.78 is 45.4. The van der Waals surface area contributed by atoms with Crippen molar-refractivity contribution >= 4 is 17.4 Å². The van der Waals surface area contributed by atoms with Crippen molar-refractivity contribution in [2.45, 2.75) is 51.1 Å². The molecule has 0 unspecified atom stereocenters. The van der Waals surface area contributed by atoms with Crippen molar-refractivity contribution in [1.82, 2.24) is 19.8 Å². The molecule has 29 heavy (non-hydrogen) atoms. The first kappa shape index (κ1) is 19.9. The smallest absolute Gasteiger partial charge is 0.453 e. The van der Waals surface area contributed by atoms with Crippen molar-refractivity contribution in [3.63, 3.8) is 0 Å². The summed E-state index contributed by atoms with van der Waals surface area (Å²) in [5.74, 6) is -0.571. The Morgan fingerprint density at radius 3 is 2.48 bits per heavy atom. The fourth-order valence-corrected chi connectivity index (χ4v) is 4.14. The summed E-state index contributed by atoms with van der Waals surface area (Å²) in [4.78, 5) is 14.3. The molecule has 0 amide bonds. The lowest BCUT2D eigenvalue weighted by molar-refractivity contribution is -0.151. The molecule has 158 valence electrons. The maximum atomic E-state index is 13.0. The summed E-state index contributed by atoms with van der Waals surface area (Å²) in [6.45, 7) is 1.57. The summed E-state index contributed by atoms with van der Waals surface area (Å²) >= 11 is 0. The third-order valence-electron chi connectivity index (χ3n) is 5.84. The van der Waals surface area contributed by atoms with E-state index in [0.717, 1.165) is 17.4 Å². The second-order valence-electron chi connectivity index (χ2n) is 7.88. The first-order valence-corrected chi connectivity index (χ1v) is 10.1. The molecule has 2 aliphatic rings. The first-order chi connectivity index (χ1) is 13.9. The zero-order chi connectivity index (χ0) is 20.4. The van der Waals surface area contributed by atoms with Crippen LogP contribution in [0.15, 0.2) is 12.1 Å². The third-order valence-corrected chi connectivity index (χ3v) is 5.84. The van der Waals surface area contributed by atoms with E-state index in [1.54, 1.807) is 6.07 Å². The Labute approximate surface area is 166 Å². The zero-order valence-corrected chi connectivity index (χ0v) is 16.1. The number of ether oxygens (including phenoxy) is 1. The van der Waals surface area contributed by atoms with E-state index in [0.29, 0.717) is 44.3 Å². The summed E-state index contributed by atoms with van der Waals surface area (Å²) in [5.41, 5.74) is 0.0438. The van der Waals surface area contributed by atoms with Gasteiger partial charge < -0.3 is 9.64 Å². The SMILES string of the molecule is O=C(OCC1CCCCC1)C1CCN(c2ccc3nnc(C(F)(F)F)n3n2)CC1. The van der Waals surface area contributed by atoms with Crippen molar-refractivity contribution < 1.29 is 22.7 Å². The Morgan fingerprint density at radius 2 is 1.79 bits per heavy atom. The number of alkyl halides is 3. The van der Waals surface area contributed by atoms with E-state index in [2.05, 4.69) is 15.3 Å². The molecule has 7 nitrogen and oxygen atoms in total. The molecule has 1 saturated carbocycles. The minimum Gasteiger partial charge on any atom is -0.465 e. The quantitative estimate of drug-likeness (QED) is 0.718. The Kier molecular flexibility index (Phi) is 5.60. The summed E-state index contributed by atoms with van der Waals surface area (Å²) in [7, 11) is 0. The number of piperidine rings is 1. The fourth-order valence-electron chi connectivity index (χ4n) is 4.14. The number of hydrogen-bond acceptors (Lipinski definition) is 6. The molecule has 10 heteroatoms. The van der Waals surface area contributed by atoms with Gasteiger partial charge in [0, 0.05) is 13.1 Å². The van der Waals surface area contributed by atoms with E-state index in [-0.39, 0.29) is 17.5 Å². The van der Waals surface area contributed by atoms with E-state index in [1.807, 2.05) is 4.90 Å². The van der Waals surface area contributed by atoms with Gasteiger partial charge in [-0.2, -0.15) is 17.7 Å². The number of fused-ring (bicyclic) bond motifs is 1. The largest absolute Gasteiger partial charge is 0.465 e. The number of rotatable bonds is 4. The monoisotopic (exact) mass is 411 g/mol. The van der Waals surface area contributed by atoms with Gasteiger partial charge in [-0.15, -0.1) is 15.3 Å². The van der Waals surface area contributed by atoms with Crippen LogP contribution >= 0.6 is 0 Å². The molecule has 1 saturated heterocycles. The van der Waals surface area contributed by atoms with Crippen LogP contribution in [-0.2, 0) is 15.7 Å². The van der Waals surface area contributed by atoms with Crippen molar-refractivity contribution in [2.75, 3.05) is 24.6 Å². The van der Waals surface area contributed by atoms with E-state index < -0.39 is 12.0 Å². The molecule has 4 rings (SSSR count). The van der Waals surface area contributed by atoms with Crippen LogP contribution in [-0.4, -0.2) is 45.5 Å². The molecule has 0 bridgehead atoms. The van der Waals surface area contributed by atoms with Crippen molar-refractivity contribution in [1.29, 1.82) is 0 Å². The van der Waals surface area contributed by atoms with Gasteiger partial charge >= 0.3 is 12.1 Å². The Balaban J connectivity index is 1.35. The molecule has 0 spiro atoms. The molecular formula is C19H24F3N5O2. The molecule has 3 heterocycles. The number of carbonyl (C=O) groups is 1. The molecule has 2 fully saturated rings. The lowest BCUT2D eigenvalue weighted by Gasteiger charge is -2.32. The average Bonchev–Trinajstić information content (AvgIpc) is 3.17. The minimum atomic E-state index is -4.62. The fraction of sp³-hybridized carbons (Fsp3) is 0.684. The Hall–Kier alpha value is -2.39. The van der Waals surface area contributed by atoms with Crippen molar-refractivity contribution in [3.8, 4) is 0 Å². The minimum absolute atomic E-state index is 0.0438. The van der Waals surface area contributed by atoms with Crippen LogP contribution in [0.3, 0.4) is 0 Å². The molecule has 0 aromatic carbocycles. The number of carbonyl (C=O) groups excluding carboxylic acids is 1. The van der Waals surface area contributed by atoms with Gasteiger partial charge in [-0.25, -0.2) is 0 Å². The topological polar surface area (TPSA) is 72.6 Å². The Morgan fingerprint density at radius 1 is 1.07 bits per heavy atom. The molecule has 0 N–H and O–H groups in total. The number of nitrogens with zero attached hydrogens (tertiary/aromatic N) is 5. The highest BCUT2D eigenvalue weighted by Crippen LogP contribution is 2.29. The van der Waals surface area contributed by atoms with Crippen molar-refractivity contribution in [2.24, 2.45) is 11.8 Å². The maximum Gasteiger partial charge on any atom is 0.453 e. The van der Waals surface area contributed by atoms with Crippen LogP contribution in [0.25, 0.3) is 5.65 Å². The molecule has 2 aromatic rings. The molecule has 1 aliphatic carbocycles. The van der Waals surface area contributed by atoms with Gasteiger partial charge in [0.05, 0.1) is 12.5 Å². The average molecular weight is 411 g/mol. The van der Waals surface area contributed by atoms with Gasteiger partial charge in [-0.1, -0.05) is 19.3 Å². The van der Waals surface area contributed by atoms with Gasteiger partial charge in [0.2, 0.25) is 0 Å². The van der Waals surface area contributed by atoms with E-state index in [9.17, 15) is 18.0 Å². The Bertz CT molecular complexity index is 855. The predicted molar refractivity (Wildman–Crippen MR) is 98.3 cm³/mol. The summed E-state index contributed by atoms with van der Waals surface area (Å²) in [6, 6.07) is 3.10. The summed E-state index contributed by atoms with van der Waals surface area (Å²) in [5, 5.41) is 10.8. The third kappa shape index (κ3) is 4.45. The molecule has 0 radical (unpaired) electrons. The standard InChI is InChI=1S/C19H24F3N5O2/c20-19(21,22)18-24-23-15-6-7-16(25-27(15)18)26-10-8-14(9-11-26)17(28)29-12-13-4-2-1-3-5-13/h6-7,13-14H,1-5,8-12H2. The van der Waals surface area contributed by atoms with Gasteiger partial charge in [-0.3, -0.25) is 4.79 Å². The first-order valence-electron chi connectivity index (χ1n) is 10.1. The molecule has 0 atom stereocenters. The molecule has 1 aliphatic heterocycles. The number of aromatic nitrogens is 4. The molecular weight excluding hydrogens is 387 g/mol. The second-order valence-corrected chi connectivity index (χ2v) is 7.88. The van der Waals surface area contributed by atoms with Gasteiger partial charge in [-0.05, 0) is 43.7 Å². The molecule has 2 aromatic heterocycles. The van der Waals surface area contributed by atoms with Crippen LogP contribution in [0, 0.1) is 11.8 Å². The van der Waals surface area contributed by atoms with Crippen LogP contribution in [0.5, 0.6) is 0 Å². The van der Waals surface area contributed by atoms with E-state index in [1.165, 1.54) is 25.3 Å². The number of hydrogen-bond donors (Lipinski definition) is 0. The van der Waals surface area contributed by atoms with Crippen LogP contribution in [0.2, 0.25) is 0 Å². The zero-order valence-electron chi connectivity index (χ0n) is 16.1. The normalized spacial score (nSPS) is 19.6. The van der Waals surface area contributed by atoms with Crippen LogP contribution in [0.1, 0.15) is 50.8 Å². The predicted octanol–water partition coefficient (Wildman–Crippen LogP) is 3.48. The van der Waals surface area contributed by atoms with Gasteiger partial charge in [0.25, 0.3) is 5.82 Å². The maximum absolute atomic E-state index is 13.0. The highest BCUT2D eigenvalue weighted by molar-refractivity contribution is 5.72. The number of esters is 1. The lowest BCUT2D eigenvalue weighted by Crippen LogP contribution is -2.38. The number of halogens is 3. The summed E-state index contributed by atoms with van der Waals surface area (Å²) in [6.07, 6.45) is 2.50. The highest BCUT2D eigenvalue weighted by atomic mass is 19.4. The van der Waals surface area contributed by atoms with Gasteiger partial charge in [0.1, 0.15) is 5.82 Å². The second kappa shape index (κ2) is 8.16. The number of anilines is 1. The van der Waals surface area contributed by atoms with Crippen molar-refractivity contribution in [3.05, 3.63) is 18.0 Å².